The average Bonchev–Trinajstić information content (AvgIpc) is 2.29. The van der Waals surface area contributed by atoms with E-state index in [0.717, 1.165) is 5.56 Å². The van der Waals surface area contributed by atoms with Gasteiger partial charge >= 0.3 is 5.97 Å². The number of rotatable bonds is 6. The summed E-state index contributed by atoms with van der Waals surface area (Å²) in [6.07, 6.45) is 0. The van der Waals surface area contributed by atoms with Crippen LogP contribution in [0.1, 0.15) is 12.5 Å². The Labute approximate surface area is 95.6 Å². The van der Waals surface area contributed by atoms with Crippen LogP contribution in [0, 0.1) is 0 Å². The average molecular weight is 223 g/mol. The number of carbonyl (C=O) groups is 1. The molecule has 4 heteroatoms. The standard InChI is InChI=1S/C12H17NO3/c1-3-15-12(14)9-16-11-7-5-4-6-10(11)8-13-2/h4-7,13H,3,8-9H2,1-2H3. The van der Waals surface area contributed by atoms with E-state index in [4.69, 9.17) is 9.47 Å². The molecule has 0 amide bonds. The third-order valence-corrected chi connectivity index (χ3v) is 1.99. The number of nitrogens with one attached hydrogen (secondary N) is 1. The summed E-state index contributed by atoms with van der Waals surface area (Å²) in [5.41, 5.74) is 1.02. The molecule has 1 aromatic carbocycles. The van der Waals surface area contributed by atoms with Crippen molar-refractivity contribution in [2.45, 2.75) is 13.5 Å². The van der Waals surface area contributed by atoms with Crippen LogP contribution in [-0.2, 0) is 16.1 Å². The summed E-state index contributed by atoms with van der Waals surface area (Å²) in [7, 11) is 1.86. The molecule has 0 bridgehead atoms. The van der Waals surface area contributed by atoms with Crippen LogP contribution in [-0.4, -0.2) is 26.2 Å². The second-order valence-electron chi connectivity index (χ2n) is 3.23. The fourth-order valence-corrected chi connectivity index (χ4v) is 1.32. The predicted molar refractivity (Wildman–Crippen MR) is 61.3 cm³/mol. The van der Waals surface area contributed by atoms with Crippen molar-refractivity contribution in [2.24, 2.45) is 0 Å². The highest BCUT2D eigenvalue weighted by molar-refractivity contribution is 5.71. The minimum absolute atomic E-state index is 0.0471. The van der Waals surface area contributed by atoms with Gasteiger partial charge in [-0.2, -0.15) is 0 Å². The molecule has 88 valence electrons. The molecule has 1 aromatic rings. The summed E-state index contributed by atoms with van der Waals surface area (Å²) in [5.74, 6) is 0.367. The normalized spacial score (nSPS) is 9.88. The van der Waals surface area contributed by atoms with Gasteiger partial charge in [0.15, 0.2) is 6.61 Å². The lowest BCUT2D eigenvalue weighted by Crippen LogP contribution is -2.16. The molecule has 0 saturated carbocycles. The Morgan fingerprint density at radius 1 is 1.38 bits per heavy atom. The van der Waals surface area contributed by atoms with Crippen LogP contribution < -0.4 is 10.1 Å². The molecular weight excluding hydrogens is 206 g/mol. The van der Waals surface area contributed by atoms with Crippen molar-refractivity contribution in [3.05, 3.63) is 29.8 Å². The molecule has 0 aliphatic carbocycles. The smallest absolute Gasteiger partial charge is 0.344 e. The zero-order chi connectivity index (χ0) is 11.8. The lowest BCUT2D eigenvalue weighted by atomic mass is 10.2. The van der Waals surface area contributed by atoms with E-state index < -0.39 is 0 Å². The topological polar surface area (TPSA) is 47.6 Å². The van der Waals surface area contributed by atoms with Gasteiger partial charge in [0, 0.05) is 12.1 Å². The number of carbonyl (C=O) groups excluding carboxylic acids is 1. The SMILES string of the molecule is CCOC(=O)COc1ccccc1CNC. The van der Waals surface area contributed by atoms with Crippen molar-refractivity contribution in [1.29, 1.82) is 0 Å². The van der Waals surface area contributed by atoms with E-state index >= 15 is 0 Å². The van der Waals surface area contributed by atoms with Gasteiger partial charge in [-0.05, 0) is 20.0 Å². The Hall–Kier alpha value is -1.55. The van der Waals surface area contributed by atoms with Crippen molar-refractivity contribution < 1.29 is 14.3 Å². The minimum Gasteiger partial charge on any atom is -0.482 e. The van der Waals surface area contributed by atoms with E-state index in [1.54, 1.807) is 6.92 Å². The number of hydrogen-bond acceptors (Lipinski definition) is 4. The maximum Gasteiger partial charge on any atom is 0.344 e. The minimum atomic E-state index is -0.346. The summed E-state index contributed by atoms with van der Waals surface area (Å²) in [4.78, 5) is 11.1. The molecule has 4 nitrogen and oxygen atoms in total. The maximum atomic E-state index is 11.1. The second-order valence-corrected chi connectivity index (χ2v) is 3.23. The Bertz CT molecular complexity index is 339. The van der Waals surface area contributed by atoms with Gasteiger partial charge in [0.2, 0.25) is 0 Å². The lowest BCUT2D eigenvalue weighted by molar-refractivity contribution is -0.145. The first-order valence-electron chi connectivity index (χ1n) is 5.28. The molecule has 0 spiro atoms. The van der Waals surface area contributed by atoms with Gasteiger partial charge in [-0.1, -0.05) is 18.2 Å². The molecule has 0 atom stereocenters. The highest BCUT2D eigenvalue weighted by Gasteiger charge is 2.06. The van der Waals surface area contributed by atoms with Gasteiger partial charge in [0.05, 0.1) is 6.61 Å². The zero-order valence-electron chi connectivity index (χ0n) is 9.66. The number of ether oxygens (including phenoxy) is 2. The van der Waals surface area contributed by atoms with Crippen molar-refractivity contribution >= 4 is 5.97 Å². The Balaban J connectivity index is 2.55. The Morgan fingerprint density at radius 2 is 2.12 bits per heavy atom. The van der Waals surface area contributed by atoms with Crippen molar-refractivity contribution in [2.75, 3.05) is 20.3 Å². The van der Waals surface area contributed by atoms with Gasteiger partial charge in [-0.25, -0.2) is 4.79 Å². The number of esters is 1. The van der Waals surface area contributed by atoms with Crippen LogP contribution in [0.15, 0.2) is 24.3 Å². The highest BCUT2D eigenvalue weighted by atomic mass is 16.6. The molecular formula is C12H17NO3. The summed E-state index contributed by atoms with van der Waals surface area (Å²) < 4.78 is 10.2. The van der Waals surface area contributed by atoms with E-state index in [2.05, 4.69) is 5.32 Å². The predicted octanol–water partition coefficient (Wildman–Crippen LogP) is 1.35. The molecule has 0 unspecified atom stereocenters. The van der Waals surface area contributed by atoms with Crippen LogP contribution in [0.5, 0.6) is 5.75 Å². The van der Waals surface area contributed by atoms with E-state index in [1.165, 1.54) is 0 Å². The molecule has 0 aliphatic heterocycles. The van der Waals surface area contributed by atoms with Crippen molar-refractivity contribution in [3.8, 4) is 5.75 Å². The van der Waals surface area contributed by atoms with E-state index in [0.29, 0.717) is 18.9 Å². The number of benzene rings is 1. The molecule has 0 radical (unpaired) electrons. The molecule has 0 heterocycles. The quantitative estimate of drug-likeness (QED) is 0.739. The Kier molecular flexibility index (Phi) is 5.36. The fourth-order valence-electron chi connectivity index (χ4n) is 1.32. The third kappa shape index (κ3) is 3.90. The molecule has 0 saturated heterocycles. The van der Waals surface area contributed by atoms with E-state index in [-0.39, 0.29) is 12.6 Å². The molecule has 1 rings (SSSR count). The van der Waals surface area contributed by atoms with Crippen LogP contribution in [0.2, 0.25) is 0 Å². The van der Waals surface area contributed by atoms with E-state index in [9.17, 15) is 4.79 Å². The lowest BCUT2D eigenvalue weighted by Gasteiger charge is -2.10. The monoisotopic (exact) mass is 223 g/mol. The van der Waals surface area contributed by atoms with Crippen molar-refractivity contribution in [1.82, 2.24) is 5.32 Å². The first kappa shape index (κ1) is 12.5. The summed E-state index contributed by atoms with van der Waals surface area (Å²) >= 11 is 0. The molecule has 0 aliphatic rings. The molecule has 16 heavy (non-hydrogen) atoms. The summed E-state index contributed by atoms with van der Waals surface area (Å²) in [6, 6.07) is 7.60. The van der Waals surface area contributed by atoms with Gasteiger partial charge < -0.3 is 14.8 Å². The van der Waals surface area contributed by atoms with Gasteiger partial charge in [0.25, 0.3) is 0 Å². The largest absolute Gasteiger partial charge is 0.482 e. The second kappa shape index (κ2) is 6.85. The highest BCUT2D eigenvalue weighted by Crippen LogP contribution is 2.17. The van der Waals surface area contributed by atoms with Gasteiger partial charge in [0.1, 0.15) is 5.75 Å². The van der Waals surface area contributed by atoms with Crippen LogP contribution >= 0.6 is 0 Å². The first-order chi connectivity index (χ1) is 7.77. The molecule has 0 aromatic heterocycles. The summed E-state index contributed by atoms with van der Waals surface area (Å²) in [6.45, 7) is 2.81. The Morgan fingerprint density at radius 3 is 2.81 bits per heavy atom. The van der Waals surface area contributed by atoms with Crippen molar-refractivity contribution in [3.63, 3.8) is 0 Å². The van der Waals surface area contributed by atoms with Gasteiger partial charge in [-0.3, -0.25) is 0 Å². The third-order valence-electron chi connectivity index (χ3n) is 1.99. The first-order valence-corrected chi connectivity index (χ1v) is 5.28. The molecule has 1 N–H and O–H groups in total. The maximum absolute atomic E-state index is 11.1. The van der Waals surface area contributed by atoms with Crippen LogP contribution in [0.25, 0.3) is 0 Å². The fraction of sp³-hybridized carbons (Fsp3) is 0.417. The zero-order valence-corrected chi connectivity index (χ0v) is 9.66. The van der Waals surface area contributed by atoms with E-state index in [1.807, 2.05) is 31.3 Å². The van der Waals surface area contributed by atoms with Gasteiger partial charge in [-0.15, -0.1) is 0 Å². The number of hydrogen-bond donors (Lipinski definition) is 1. The van der Waals surface area contributed by atoms with Crippen LogP contribution in [0.3, 0.4) is 0 Å². The molecule has 0 fully saturated rings. The number of para-hydroxylation sites is 1. The summed E-state index contributed by atoms with van der Waals surface area (Å²) in [5, 5.41) is 3.04. The van der Waals surface area contributed by atoms with Crippen LogP contribution in [0.4, 0.5) is 0 Å².